The summed E-state index contributed by atoms with van der Waals surface area (Å²) in [6, 6.07) is 5.57. The van der Waals surface area contributed by atoms with Crippen LogP contribution in [0, 0.1) is 18.2 Å². The lowest BCUT2D eigenvalue weighted by molar-refractivity contribution is 0.0932. The first-order chi connectivity index (χ1) is 13.4. The minimum atomic E-state index is -1.05. The molecule has 2 aliphatic carbocycles. The van der Waals surface area contributed by atoms with Gasteiger partial charge in [-0.25, -0.2) is 29.1 Å². The molecule has 8 heteroatoms. The van der Waals surface area contributed by atoms with Gasteiger partial charge in [0.05, 0.1) is 18.5 Å². The number of rotatable bonds is 3. The second-order valence-electron chi connectivity index (χ2n) is 7.31. The number of hydrogen-bond acceptors (Lipinski definition) is 3. The van der Waals surface area contributed by atoms with E-state index in [1.807, 2.05) is 0 Å². The zero-order valence-electron chi connectivity index (χ0n) is 15.1. The van der Waals surface area contributed by atoms with E-state index in [9.17, 15) is 17.6 Å². The van der Waals surface area contributed by atoms with Gasteiger partial charge in [-0.15, -0.1) is 0 Å². The summed E-state index contributed by atoms with van der Waals surface area (Å²) in [7, 11) is 0. The molecule has 4 rings (SSSR count). The third kappa shape index (κ3) is 3.59. The van der Waals surface area contributed by atoms with Crippen LogP contribution >= 0.6 is 0 Å². The molecule has 148 valence electrons. The molecule has 0 atom stereocenters. The van der Waals surface area contributed by atoms with Crippen LogP contribution in [0.15, 0.2) is 36.7 Å². The number of alkyl halides is 2. The van der Waals surface area contributed by atoms with E-state index in [4.69, 9.17) is 12.3 Å². The maximum atomic E-state index is 13.4. The number of nitrogens with zero attached hydrogens (tertiary/aromatic N) is 3. The molecule has 2 aromatic heterocycles. The van der Waals surface area contributed by atoms with Crippen molar-refractivity contribution in [3.63, 3.8) is 0 Å². The van der Waals surface area contributed by atoms with E-state index in [-0.39, 0.29) is 43.7 Å². The van der Waals surface area contributed by atoms with Gasteiger partial charge >= 0.3 is 0 Å². The Bertz CT molecular complexity index is 871. The number of pyridine rings is 2. The molecule has 0 unspecified atom stereocenters. The zero-order chi connectivity index (χ0) is 20.4. The Kier molecular flexibility index (Phi) is 5.66. The fourth-order valence-corrected chi connectivity index (χ4v) is 3.76. The van der Waals surface area contributed by atoms with Crippen LogP contribution in [-0.2, 0) is 11.0 Å². The van der Waals surface area contributed by atoms with Crippen LogP contribution in [0.4, 0.5) is 17.6 Å². The van der Waals surface area contributed by atoms with Crippen molar-refractivity contribution in [3.8, 4) is 0 Å². The quantitative estimate of drug-likeness (QED) is 0.634. The van der Waals surface area contributed by atoms with Crippen molar-refractivity contribution in [1.82, 2.24) is 9.97 Å². The average molecular weight is 392 g/mol. The van der Waals surface area contributed by atoms with Gasteiger partial charge in [0.2, 0.25) is 0 Å². The van der Waals surface area contributed by atoms with Gasteiger partial charge in [0.25, 0.3) is 5.54 Å². The Morgan fingerprint density at radius 2 is 1.46 bits per heavy atom. The van der Waals surface area contributed by atoms with Crippen molar-refractivity contribution in [3.05, 3.63) is 71.1 Å². The van der Waals surface area contributed by atoms with Gasteiger partial charge in [-0.05, 0) is 37.1 Å². The summed E-state index contributed by atoms with van der Waals surface area (Å²) < 4.78 is 52.2. The lowest BCUT2D eigenvalue weighted by Gasteiger charge is -2.42. The molecule has 4 nitrogen and oxygen atoms in total. The molecule has 2 heterocycles. The fourth-order valence-electron chi connectivity index (χ4n) is 3.76. The van der Waals surface area contributed by atoms with Crippen molar-refractivity contribution < 1.29 is 17.6 Å². The van der Waals surface area contributed by atoms with Crippen LogP contribution in [0.3, 0.4) is 0 Å². The molecule has 0 aromatic carbocycles. The van der Waals surface area contributed by atoms with Gasteiger partial charge in [-0.2, -0.15) is 0 Å². The summed E-state index contributed by atoms with van der Waals surface area (Å²) in [5, 5.41) is 0. The van der Waals surface area contributed by atoms with E-state index >= 15 is 0 Å². The van der Waals surface area contributed by atoms with E-state index in [1.165, 1.54) is 36.7 Å². The first-order valence-electron chi connectivity index (χ1n) is 8.94. The molecule has 0 saturated heterocycles. The standard InChI is InChI=1S/C10H8F2N2.C10H12F2N2/c1-13-10(5-7(11)6-10)9-8(12)3-2-4-14-9;11-7-4-10(5-7,6-13)9-8(12)2-1-3-14-9/h2-4,7H,5-6H2;1-3,7H,4-6,13H2. The first-order valence-corrected chi connectivity index (χ1v) is 8.94. The van der Waals surface area contributed by atoms with E-state index in [1.54, 1.807) is 0 Å². The molecule has 0 bridgehead atoms. The minimum absolute atomic E-state index is 0.0600. The summed E-state index contributed by atoms with van der Waals surface area (Å²) in [5.74, 6) is -0.903. The van der Waals surface area contributed by atoms with Gasteiger partial charge in [-0.1, -0.05) is 0 Å². The number of hydrogen-bond donors (Lipinski definition) is 1. The van der Waals surface area contributed by atoms with Crippen molar-refractivity contribution >= 4 is 0 Å². The molecule has 0 aliphatic heterocycles. The van der Waals surface area contributed by atoms with E-state index in [2.05, 4.69) is 14.8 Å². The molecule has 0 radical (unpaired) electrons. The fraction of sp³-hybridized carbons (Fsp3) is 0.450. The van der Waals surface area contributed by atoms with Crippen LogP contribution < -0.4 is 5.73 Å². The molecule has 0 amide bonds. The maximum absolute atomic E-state index is 13.4. The summed E-state index contributed by atoms with van der Waals surface area (Å²) in [6.07, 6.45) is 1.78. The maximum Gasteiger partial charge on any atom is 0.282 e. The highest BCUT2D eigenvalue weighted by Crippen LogP contribution is 2.46. The molecular weight excluding hydrogens is 372 g/mol. The van der Waals surface area contributed by atoms with Crippen LogP contribution in [0.1, 0.15) is 37.1 Å². The van der Waals surface area contributed by atoms with E-state index in [0.717, 1.165) is 0 Å². The molecule has 2 aliphatic rings. The SMILES string of the molecule is NCC1(c2ncccc2F)CC(F)C1.[C-]#[N+]C1(c2ncccc2F)CC(F)C1. The van der Waals surface area contributed by atoms with Gasteiger partial charge in [0.15, 0.2) is 11.5 Å². The Morgan fingerprint density at radius 3 is 1.86 bits per heavy atom. The Labute approximate surface area is 160 Å². The number of aromatic nitrogens is 2. The third-order valence-electron chi connectivity index (χ3n) is 5.41. The molecule has 0 spiro atoms. The molecule has 2 aromatic rings. The Balaban J connectivity index is 0.000000161. The highest BCUT2D eigenvalue weighted by molar-refractivity contribution is 5.27. The summed E-state index contributed by atoms with van der Waals surface area (Å²) in [4.78, 5) is 11.1. The van der Waals surface area contributed by atoms with Gasteiger partial charge in [0, 0.05) is 24.4 Å². The van der Waals surface area contributed by atoms with Crippen molar-refractivity contribution in [2.45, 2.75) is 49.0 Å². The van der Waals surface area contributed by atoms with Crippen LogP contribution in [0.25, 0.3) is 4.85 Å². The second-order valence-corrected chi connectivity index (χ2v) is 7.31. The second kappa shape index (κ2) is 7.84. The lowest BCUT2D eigenvalue weighted by Crippen LogP contribution is -2.49. The number of halogens is 4. The van der Waals surface area contributed by atoms with Crippen molar-refractivity contribution in [2.24, 2.45) is 5.73 Å². The van der Waals surface area contributed by atoms with Crippen LogP contribution in [0.2, 0.25) is 0 Å². The normalized spacial score (nSPS) is 30.9. The first kappa shape index (κ1) is 20.2. The smallest absolute Gasteiger partial charge is 0.282 e. The highest BCUT2D eigenvalue weighted by atomic mass is 19.1. The predicted molar refractivity (Wildman–Crippen MR) is 95.7 cm³/mol. The lowest BCUT2D eigenvalue weighted by atomic mass is 9.65. The van der Waals surface area contributed by atoms with E-state index in [0.29, 0.717) is 5.69 Å². The largest absolute Gasteiger partial charge is 0.330 e. The van der Waals surface area contributed by atoms with Gasteiger partial charge in [0.1, 0.15) is 18.2 Å². The summed E-state index contributed by atoms with van der Waals surface area (Å²) in [6.45, 7) is 7.24. The monoisotopic (exact) mass is 392 g/mol. The molecular formula is C20H20F4N4. The zero-order valence-corrected chi connectivity index (χ0v) is 15.1. The predicted octanol–water partition coefficient (Wildman–Crippen LogP) is 4.02. The summed E-state index contributed by atoms with van der Waals surface area (Å²) >= 11 is 0. The van der Waals surface area contributed by atoms with E-state index < -0.39 is 29.1 Å². The average Bonchev–Trinajstić information content (AvgIpc) is 2.64. The van der Waals surface area contributed by atoms with Gasteiger partial charge < -0.3 is 10.6 Å². The van der Waals surface area contributed by atoms with Crippen molar-refractivity contribution in [1.29, 1.82) is 0 Å². The summed E-state index contributed by atoms with van der Waals surface area (Å²) in [5.41, 5.74) is 4.35. The Morgan fingerprint density at radius 1 is 0.964 bits per heavy atom. The van der Waals surface area contributed by atoms with Crippen molar-refractivity contribution in [2.75, 3.05) is 6.54 Å². The minimum Gasteiger partial charge on any atom is -0.330 e. The number of nitrogens with two attached hydrogens (primary N) is 1. The van der Waals surface area contributed by atoms with Crippen LogP contribution in [-0.4, -0.2) is 28.9 Å². The highest BCUT2D eigenvalue weighted by Gasteiger charge is 2.55. The molecule has 28 heavy (non-hydrogen) atoms. The molecule has 2 N–H and O–H groups in total. The topological polar surface area (TPSA) is 56.2 Å². The Hall–Kier alpha value is -2.53. The third-order valence-corrected chi connectivity index (χ3v) is 5.41. The molecule has 2 saturated carbocycles. The molecule has 2 fully saturated rings. The van der Waals surface area contributed by atoms with Gasteiger partial charge in [-0.3, -0.25) is 4.98 Å². The van der Waals surface area contributed by atoms with Crippen LogP contribution in [0.5, 0.6) is 0 Å².